The topological polar surface area (TPSA) is 80.1 Å². The summed E-state index contributed by atoms with van der Waals surface area (Å²) in [6.45, 7) is 2.30. The lowest BCUT2D eigenvalue weighted by Crippen LogP contribution is -2.30. The van der Waals surface area contributed by atoms with Crippen molar-refractivity contribution in [3.63, 3.8) is 0 Å². The van der Waals surface area contributed by atoms with E-state index in [0.29, 0.717) is 40.5 Å². The number of nitrogens with one attached hydrogen (secondary N) is 1. The molecule has 1 amide bonds. The van der Waals surface area contributed by atoms with E-state index >= 15 is 0 Å². The number of carbonyl (C=O) groups excluding carboxylic acids is 1. The van der Waals surface area contributed by atoms with Crippen LogP contribution >= 0.6 is 0 Å². The molecule has 1 fully saturated rings. The van der Waals surface area contributed by atoms with Gasteiger partial charge in [-0.05, 0) is 52.5 Å². The molecule has 0 radical (unpaired) electrons. The molecule has 1 aromatic carbocycles. The third kappa shape index (κ3) is 5.53. The highest BCUT2D eigenvalue weighted by Gasteiger charge is 2.33. The molecule has 7 nitrogen and oxygen atoms in total. The quantitative estimate of drug-likeness (QED) is 0.525. The van der Waals surface area contributed by atoms with Crippen LogP contribution < -0.4 is 10.2 Å². The molecule has 3 aromatic rings. The summed E-state index contributed by atoms with van der Waals surface area (Å²) in [5, 5.41) is 7.09. The van der Waals surface area contributed by atoms with Crippen LogP contribution in [-0.2, 0) is 16.6 Å². The number of nitrogens with zero attached hydrogens (tertiary/aromatic N) is 4. The number of aryl methyl sites for hydroxylation is 1. The monoisotopic (exact) mass is 501 g/mol. The molecule has 4 rings (SSSR count). The molecule has 0 spiro atoms. The Bertz CT molecular complexity index is 1370. The van der Waals surface area contributed by atoms with Crippen LogP contribution in [0.3, 0.4) is 0 Å². The lowest BCUT2D eigenvalue weighted by molar-refractivity contribution is -0.0102. The highest BCUT2D eigenvalue weighted by atomic mass is 32.2. The van der Waals surface area contributed by atoms with Crippen LogP contribution in [0, 0.1) is 6.92 Å². The molecular formula is C25H29F2N5O2S. The maximum Gasteiger partial charge on any atom is 0.259 e. The Hall–Kier alpha value is -3.27. The third-order valence-corrected chi connectivity index (χ3v) is 7.42. The first-order chi connectivity index (χ1) is 16.4. The van der Waals surface area contributed by atoms with Crippen LogP contribution in [0.25, 0.3) is 11.1 Å². The van der Waals surface area contributed by atoms with Gasteiger partial charge in [-0.3, -0.25) is 13.7 Å². The van der Waals surface area contributed by atoms with Crippen molar-refractivity contribution < 1.29 is 17.8 Å². The molecule has 1 N–H and O–H groups in total. The summed E-state index contributed by atoms with van der Waals surface area (Å²) in [6, 6.07) is 6.73. The molecule has 1 atom stereocenters. The molecule has 0 bridgehead atoms. The van der Waals surface area contributed by atoms with E-state index in [9.17, 15) is 17.8 Å². The van der Waals surface area contributed by atoms with Crippen LogP contribution in [0.5, 0.6) is 0 Å². The summed E-state index contributed by atoms with van der Waals surface area (Å²) >= 11 is 0. The van der Waals surface area contributed by atoms with Crippen molar-refractivity contribution >= 4 is 32.8 Å². The zero-order valence-electron chi connectivity index (χ0n) is 20.1. The standard InChI is InChI=1S/C25H29F2N5O2S/c1-17-21(18-14-29-31(2)16-18)15-28-23(32-11-6-9-25(26,27)10-12-32)22(17)24(33)30-19-7-5-8-20(13-19)35(3,4)34/h5,7-8,13-16H,3,6,9-12H2,1-2,4H3,(H,30,33). The molecule has 1 saturated heterocycles. The highest BCUT2D eigenvalue weighted by Crippen LogP contribution is 2.34. The number of aromatic nitrogens is 3. The van der Waals surface area contributed by atoms with Crippen molar-refractivity contribution in [2.24, 2.45) is 7.05 Å². The van der Waals surface area contributed by atoms with Gasteiger partial charge in [-0.1, -0.05) is 6.07 Å². The van der Waals surface area contributed by atoms with Gasteiger partial charge in [0.15, 0.2) is 0 Å². The number of rotatable bonds is 5. The van der Waals surface area contributed by atoms with Gasteiger partial charge in [0, 0.05) is 73.3 Å². The minimum absolute atomic E-state index is 0.0981. The van der Waals surface area contributed by atoms with E-state index in [1.54, 1.807) is 53.3 Å². The SMILES string of the molecule is C=S(C)(=O)c1cccc(NC(=O)c2c(N3CCCC(F)(F)CC3)ncc(-c3cnn(C)c3)c2C)c1. The maximum atomic E-state index is 14.0. The zero-order chi connectivity index (χ0) is 25.4. The zero-order valence-corrected chi connectivity index (χ0v) is 20.9. The van der Waals surface area contributed by atoms with Gasteiger partial charge in [0.25, 0.3) is 5.91 Å². The Labute approximate surface area is 204 Å². The summed E-state index contributed by atoms with van der Waals surface area (Å²) in [4.78, 5) is 20.5. The first kappa shape index (κ1) is 24.8. The molecular weight excluding hydrogens is 472 g/mol. The van der Waals surface area contributed by atoms with Gasteiger partial charge >= 0.3 is 0 Å². The van der Waals surface area contributed by atoms with Crippen molar-refractivity contribution in [3.8, 4) is 11.1 Å². The molecule has 1 aliphatic heterocycles. The third-order valence-electron chi connectivity index (χ3n) is 6.17. The fraction of sp³-hybridized carbons (Fsp3) is 0.360. The number of amides is 1. The minimum atomic E-state index is -2.73. The van der Waals surface area contributed by atoms with Gasteiger partial charge in [0.1, 0.15) is 5.82 Å². The van der Waals surface area contributed by atoms with Gasteiger partial charge in [0.2, 0.25) is 5.92 Å². The fourth-order valence-corrected chi connectivity index (χ4v) is 5.01. The number of alkyl halides is 2. The minimum Gasteiger partial charge on any atom is -0.356 e. The van der Waals surface area contributed by atoms with E-state index in [0.717, 1.165) is 11.1 Å². The molecule has 1 aliphatic rings. The smallest absolute Gasteiger partial charge is 0.259 e. The van der Waals surface area contributed by atoms with Crippen molar-refractivity contribution in [2.75, 3.05) is 29.6 Å². The first-order valence-corrected chi connectivity index (χ1v) is 13.4. The highest BCUT2D eigenvalue weighted by molar-refractivity contribution is 7.99. The molecule has 35 heavy (non-hydrogen) atoms. The average molecular weight is 502 g/mol. The Morgan fingerprint density at radius 1 is 1.23 bits per heavy atom. The summed E-state index contributed by atoms with van der Waals surface area (Å²) in [5.74, 6) is 0.925. The Morgan fingerprint density at radius 2 is 2.00 bits per heavy atom. The van der Waals surface area contributed by atoms with E-state index in [-0.39, 0.29) is 19.4 Å². The molecule has 1 unspecified atom stereocenters. The Kier molecular flexibility index (Phi) is 6.68. The first-order valence-electron chi connectivity index (χ1n) is 11.3. The van der Waals surface area contributed by atoms with E-state index in [4.69, 9.17) is 0 Å². The summed E-state index contributed by atoms with van der Waals surface area (Å²) in [7, 11) is -0.668. The van der Waals surface area contributed by atoms with E-state index < -0.39 is 21.4 Å². The van der Waals surface area contributed by atoms with Gasteiger partial charge in [-0.25, -0.2) is 13.8 Å². The van der Waals surface area contributed by atoms with Crippen molar-refractivity contribution in [2.45, 2.75) is 37.0 Å². The number of hydrogen-bond donors (Lipinski definition) is 1. The molecule has 0 saturated carbocycles. The summed E-state index contributed by atoms with van der Waals surface area (Å²) in [6.07, 6.45) is 6.53. The van der Waals surface area contributed by atoms with Crippen molar-refractivity contribution in [3.05, 3.63) is 54.0 Å². The summed E-state index contributed by atoms with van der Waals surface area (Å²) < 4.78 is 42.1. The largest absolute Gasteiger partial charge is 0.356 e. The van der Waals surface area contributed by atoms with Crippen LogP contribution in [0.1, 0.15) is 35.2 Å². The van der Waals surface area contributed by atoms with Crippen LogP contribution in [0.15, 0.2) is 47.8 Å². The number of hydrogen-bond acceptors (Lipinski definition) is 5. The second-order valence-electron chi connectivity index (χ2n) is 9.08. The van der Waals surface area contributed by atoms with E-state index in [1.807, 2.05) is 13.1 Å². The Balaban J connectivity index is 1.77. The summed E-state index contributed by atoms with van der Waals surface area (Å²) in [5.41, 5.74) is 2.98. The number of carbonyl (C=O) groups is 1. The number of halogens is 2. The van der Waals surface area contributed by atoms with E-state index in [1.165, 1.54) is 6.26 Å². The molecule has 2 aromatic heterocycles. The number of pyridine rings is 1. The second kappa shape index (κ2) is 9.41. The fourth-order valence-electron chi connectivity index (χ4n) is 4.26. The van der Waals surface area contributed by atoms with Gasteiger partial charge in [-0.2, -0.15) is 5.10 Å². The molecule has 3 heterocycles. The van der Waals surface area contributed by atoms with E-state index in [2.05, 4.69) is 21.3 Å². The van der Waals surface area contributed by atoms with Gasteiger partial charge < -0.3 is 10.2 Å². The van der Waals surface area contributed by atoms with Crippen molar-refractivity contribution in [1.82, 2.24) is 14.8 Å². The predicted octanol–water partition coefficient (Wildman–Crippen LogP) is 4.37. The lowest BCUT2D eigenvalue weighted by atomic mass is 9.99. The second-order valence-corrected chi connectivity index (χ2v) is 11.6. The lowest BCUT2D eigenvalue weighted by Gasteiger charge is -2.26. The molecule has 0 aliphatic carbocycles. The molecule has 10 heteroatoms. The number of anilines is 2. The molecule has 186 valence electrons. The van der Waals surface area contributed by atoms with Crippen molar-refractivity contribution in [1.29, 1.82) is 0 Å². The van der Waals surface area contributed by atoms with Crippen LogP contribution in [0.2, 0.25) is 0 Å². The Morgan fingerprint density at radius 3 is 2.69 bits per heavy atom. The predicted molar refractivity (Wildman–Crippen MR) is 136 cm³/mol. The normalized spacial score (nSPS) is 17.5. The van der Waals surface area contributed by atoms with Gasteiger partial charge in [0.05, 0.1) is 11.8 Å². The number of benzene rings is 1. The average Bonchev–Trinajstić information content (AvgIpc) is 3.12. The maximum absolute atomic E-state index is 14.0. The van der Waals surface area contributed by atoms with Crippen LogP contribution in [0.4, 0.5) is 20.3 Å². The van der Waals surface area contributed by atoms with Gasteiger partial charge in [-0.15, -0.1) is 0 Å². The van der Waals surface area contributed by atoms with Crippen LogP contribution in [-0.4, -0.2) is 56.0 Å².